The minimum atomic E-state index is 0.0241. The first kappa shape index (κ1) is 17.7. The topological polar surface area (TPSA) is 58.4 Å². The molecule has 0 atom stereocenters. The van der Waals surface area contributed by atoms with Gasteiger partial charge in [0.15, 0.2) is 0 Å². The fraction of sp³-hybridized carbons (Fsp3) is 0.750. The van der Waals surface area contributed by atoms with Crippen LogP contribution < -0.4 is 5.56 Å². The molecule has 3 aliphatic rings. The minimum Gasteiger partial charge on any atom is -0.340 e. The highest BCUT2D eigenvalue weighted by molar-refractivity contribution is 5.76. The van der Waals surface area contributed by atoms with E-state index in [1.165, 1.54) is 25.7 Å². The molecule has 1 saturated heterocycles. The molecule has 6 heteroatoms. The van der Waals surface area contributed by atoms with Crippen LogP contribution in [0.25, 0.3) is 0 Å². The summed E-state index contributed by atoms with van der Waals surface area (Å²) in [4.78, 5) is 29.0. The molecule has 1 aromatic rings. The molecule has 142 valence electrons. The quantitative estimate of drug-likeness (QED) is 0.800. The fourth-order valence-electron chi connectivity index (χ4n) is 4.65. The van der Waals surface area contributed by atoms with Gasteiger partial charge in [0, 0.05) is 45.2 Å². The summed E-state index contributed by atoms with van der Waals surface area (Å²) in [5.74, 6) is 0.964. The average Bonchev–Trinajstić information content (AvgIpc) is 3.31. The Bertz CT molecular complexity index is 700. The van der Waals surface area contributed by atoms with E-state index in [-0.39, 0.29) is 5.56 Å². The molecule has 0 unspecified atom stereocenters. The maximum Gasteiger partial charge on any atom is 0.267 e. The summed E-state index contributed by atoms with van der Waals surface area (Å²) in [6.45, 7) is 4.90. The second kappa shape index (κ2) is 7.91. The number of aryl methyl sites for hydroxylation is 2. The van der Waals surface area contributed by atoms with E-state index in [1.807, 2.05) is 4.90 Å². The van der Waals surface area contributed by atoms with Crippen molar-refractivity contribution in [2.75, 3.05) is 32.7 Å². The standard InChI is InChI=1S/C20H30N4O2/c25-19(14-16-4-1-2-5-16)23-11-8-22(9-12-23)10-13-24-20(26)15-17-6-3-7-18(17)21-24/h15-16H,1-14H2. The SMILES string of the molecule is O=C(CC1CCCC1)N1CCN(CCn2nc3c(cc2=O)CCC3)CC1. The number of carbonyl (C=O) groups excluding carboxylic acids is 1. The second-order valence-corrected chi connectivity index (χ2v) is 8.11. The third-order valence-corrected chi connectivity index (χ3v) is 6.31. The van der Waals surface area contributed by atoms with Crippen molar-refractivity contribution < 1.29 is 4.79 Å². The number of hydrogen-bond acceptors (Lipinski definition) is 4. The zero-order valence-electron chi connectivity index (χ0n) is 15.7. The zero-order valence-corrected chi connectivity index (χ0v) is 15.7. The van der Waals surface area contributed by atoms with Gasteiger partial charge in [0.2, 0.25) is 5.91 Å². The highest BCUT2D eigenvalue weighted by Crippen LogP contribution is 2.28. The Hall–Kier alpha value is -1.69. The van der Waals surface area contributed by atoms with Gasteiger partial charge in [-0.05, 0) is 43.6 Å². The molecule has 2 aliphatic carbocycles. The number of piperazine rings is 1. The summed E-state index contributed by atoms with van der Waals surface area (Å²) in [6, 6.07) is 1.77. The first-order valence-corrected chi connectivity index (χ1v) is 10.3. The number of fused-ring (bicyclic) bond motifs is 1. The number of nitrogens with zero attached hydrogens (tertiary/aromatic N) is 4. The normalized spacial score (nSPS) is 21.3. The van der Waals surface area contributed by atoms with Crippen molar-refractivity contribution in [3.8, 4) is 0 Å². The Morgan fingerprint density at radius 3 is 2.58 bits per heavy atom. The molecule has 0 bridgehead atoms. The number of hydrogen-bond donors (Lipinski definition) is 0. The van der Waals surface area contributed by atoms with Gasteiger partial charge >= 0.3 is 0 Å². The van der Waals surface area contributed by atoms with Gasteiger partial charge in [0.25, 0.3) is 5.56 Å². The van der Waals surface area contributed by atoms with Crippen molar-refractivity contribution in [3.05, 3.63) is 27.7 Å². The van der Waals surface area contributed by atoms with Crippen molar-refractivity contribution in [2.24, 2.45) is 5.92 Å². The Labute approximate surface area is 155 Å². The molecule has 26 heavy (non-hydrogen) atoms. The summed E-state index contributed by atoms with van der Waals surface area (Å²) in [7, 11) is 0. The molecule has 1 aliphatic heterocycles. The second-order valence-electron chi connectivity index (χ2n) is 8.11. The van der Waals surface area contributed by atoms with Crippen LogP contribution in [0.1, 0.15) is 49.8 Å². The van der Waals surface area contributed by atoms with Gasteiger partial charge in [-0.15, -0.1) is 0 Å². The van der Waals surface area contributed by atoms with Crippen molar-refractivity contribution in [1.29, 1.82) is 0 Å². The van der Waals surface area contributed by atoms with Crippen LogP contribution in [0.5, 0.6) is 0 Å². The molecule has 0 aromatic carbocycles. The first-order chi connectivity index (χ1) is 12.7. The van der Waals surface area contributed by atoms with E-state index < -0.39 is 0 Å². The highest BCUT2D eigenvalue weighted by atomic mass is 16.2. The summed E-state index contributed by atoms with van der Waals surface area (Å²) in [6.07, 6.45) is 8.90. The van der Waals surface area contributed by atoms with Crippen molar-refractivity contribution >= 4 is 5.91 Å². The predicted octanol–water partition coefficient (Wildman–Crippen LogP) is 1.46. The lowest BCUT2D eigenvalue weighted by Crippen LogP contribution is -2.49. The van der Waals surface area contributed by atoms with E-state index in [2.05, 4.69) is 10.00 Å². The Morgan fingerprint density at radius 2 is 1.81 bits per heavy atom. The molecule has 0 N–H and O–H groups in total. The number of amides is 1. The minimum absolute atomic E-state index is 0.0241. The molecule has 2 fully saturated rings. The van der Waals surface area contributed by atoms with Gasteiger partial charge in [-0.1, -0.05) is 12.8 Å². The van der Waals surface area contributed by atoms with Crippen LogP contribution in [0.15, 0.2) is 10.9 Å². The van der Waals surface area contributed by atoms with E-state index >= 15 is 0 Å². The third-order valence-electron chi connectivity index (χ3n) is 6.31. The Kier molecular flexibility index (Phi) is 5.38. The van der Waals surface area contributed by atoms with Crippen LogP contribution in [0.2, 0.25) is 0 Å². The number of rotatable bonds is 5. The Morgan fingerprint density at radius 1 is 1.04 bits per heavy atom. The Balaban J connectivity index is 1.24. The molecule has 2 heterocycles. The fourth-order valence-corrected chi connectivity index (χ4v) is 4.65. The van der Waals surface area contributed by atoms with Gasteiger partial charge in [0.1, 0.15) is 0 Å². The summed E-state index contributed by atoms with van der Waals surface area (Å²) in [5, 5.41) is 4.55. The van der Waals surface area contributed by atoms with Crippen LogP contribution in [0.4, 0.5) is 0 Å². The molecular formula is C20H30N4O2. The molecule has 0 radical (unpaired) electrons. The molecule has 1 aromatic heterocycles. The van der Waals surface area contributed by atoms with Crippen LogP contribution in [0.3, 0.4) is 0 Å². The number of carbonyl (C=O) groups is 1. The van der Waals surface area contributed by atoms with Crippen molar-refractivity contribution in [1.82, 2.24) is 19.6 Å². The van der Waals surface area contributed by atoms with E-state index in [1.54, 1.807) is 10.7 Å². The lowest BCUT2D eigenvalue weighted by molar-refractivity contribution is -0.133. The van der Waals surface area contributed by atoms with Crippen LogP contribution >= 0.6 is 0 Å². The molecule has 1 saturated carbocycles. The first-order valence-electron chi connectivity index (χ1n) is 10.3. The predicted molar refractivity (Wildman–Crippen MR) is 100 cm³/mol. The molecule has 1 amide bonds. The van der Waals surface area contributed by atoms with Crippen molar-refractivity contribution in [3.63, 3.8) is 0 Å². The van der Waals surface area contributed by atoms with Gasteiger partial charge in [0.05, 0.1) is 12.2 Å². The van der Waals surface area contributed by atoms with E-state index in [0.29, 0.717) is 18.4 Å². The lowest BCUT2D eigenvalue weighted by atomic mass is 10.0. The lowest BCUT2D eigenvalue weighted by Gasteiger charge is -2.35. The monoisotopic (exact) mass is 358 g/mol. The number of aromatic nitrogens is 2. The third kappa shape index (κ3) is 4.00. The van der Waals surface area contributed by atoms with Gasteiger partial charge in [-0.25, -0.2) is 4.68 Å². The van der Waals surface area contributed by atoms with E-state index in [0.717, 1.165) is 69.7 Å². The van der Waals surface area contributed by atoms with Crippen LogP contribution in [-0.4, -0.2) is 58.2 Å². The molecular weight excluding hydrogens is 328 g/mol. The van der Waals surface area contributed by atoms with Gasteiger partial charge in [-0.3, -0.25) is 14.5 Å². The average molecular weight is 358 g/mol. The van der Waals surface area contributed by atoms with Crippen molar-refractivity contribution in [2.45, 2.75) is 57.9 Å². The largest absolute Gasteiger partial charge is 0.340 e. The highest BCUT2D eigenvalue weighted by Gasteiger charge is 2.25. The summed E-state index contributed by atoms with van der Waals surface area (Å²) in [5.41, 5.74) is 2.27. The van der Waals surface area contributed by atoms with Gasteiger partial charge in [-0.2, -0.15) is 5.10 Å². The maximum atomic E-state index is 12.4. The molecule has 0 spiro atoms. The van der Waals surface area contributed by atoms with Crippen LogP contribution in [0, 0.1) is 5.92 Å². The smallest absolute Gasteiger partial charge is 0.267 e. The molecule has 4 rings (SSSR count). The summed E-state index contributed by atoms with van der Waals surface area (Å²) < 4.78 is 1.63. The van der Waals surface area contributed by atoms with E-state index in [4.69, 9.17) is 0 Å². The van der Waals surface area contributed by atoms with E-state index in [9.17, 15) is 9.59 Å². The van der Waals surface area contributed by atoms with Gasteiger partial charge < -0.3 is 4.90 Å². The summed E-state index contributed by atoms with van der Waals surface area (Å²) >= 11 is 0. The maximum absolute atomic E-state index is 12.4. The molecule has 6 nitrogen and oxygen atoms in total. The van der Waals surface area contributed by atoms with Crippen LogP contribution in [-0.2, 0) is 24.2 Å². The zero-order chi connectivity index (χ0) is 17.9.